The van der Waals surface area contributed by atoms with Gasteiger partial charge in [-0.05, 0) is 41.3 Å². The Bertz CT molecular complexity index is 584. The summed E-state index contributed by atoms with van der Waals surface area (Å²) in [5.41, 5.74) is 0.917. The summed E-state index contributed by atoms with van der Waals surface area (Å²) in [6, 6.07) is 12.0. The minimum atomic E-state index is -0.243. The summed E-state index contributed by atoms with van der Waals surface area (Å²) in [6.45, 7) is 0. The highest BCUT2D eigenvalue weighted by atomic mass is 35.5. The van der Waals surface area contributed by atoms with E-state index in [9.17, 15) is 4.79 Å². The van der Waals surface area contributed by atoms with Crippen LogP contribution in [0.5, 0.6) is 0 Å². The molecule has 3 rings (SSSR count). The van der Waals surface area contributed by atoms with E-state index in [4.69, 9.17) is 11.6 Å². The molecule has 1 fully saturated rings. The average Bonchev–Trinajstić information content (AvgIpc) is 2.28. The fraction of sp³-hybridized carbons (Fsp3) is 0.267. The molecule has 0 radical (unpaired) electrons. The predicted molar refractivity (Wildman–Crippen MR) is 70.6 cm³/mol. The monoisotopic (exact) mass is 244 g/mol. The van der Waals surface area contributed by atoms with Crippen LogP contribution in [0.25, 0.3) is 10.8 Å². The zero-order chi connectivity index (χ0) is 11.9. The van der Waals surface area contributed by atoms with Gasteiger partial charge in [0, 0.05) is 5.02 Å². The van der Waals surface area contributed by atoms with Crippen LogP contribution >= 0.6 is 11.6 Å². The maximum atomic E-state index is 11.4. The van der Waals surface area contributed by atoms with Gasteiger partial charge < -0.3 is 4.79 Å². The van der Waals surface area contributed by atoms with Crippen molar-refractivity contribution < 1.29 is 4.79 Å². The summed E-state index contributed by atoms with van der Waals surface area (Å²) >= 11 is 6.00. The Hall–Kier alpha value is -1.34. The first-order chi connectivity index (χ1) is 8.25. The van der Waals surface area contributed by atoms with Crippen LogP contribution < -0.4 is 0 Å². The molecule has 0 saturated heterocycles. The number of benzene rings is 2. The van der Waals surface area contributed by atoms with E-state index in [0.717, 1.165) is 46.9 Å². The molecule has 0 heterocycles. The molecule has 0 amide bonds. The Balaban J connectivity index is 2.26. The Labute approximate surface area is 105 Å². The predicted octanol–water partition coefficient (Wildman–Crippen LogP) is 4.11. The van der Waals surface area contributed by atoms with Crippen molar-refractivity contribution in [1.29, 1.82) is 0 Å². The van der Waals surface area contributed by atoms with Crippen LogP contribution in [0.4, 0.5) is 0 Å². The fourth-order valence-corrected chi connectivity index (χ4v) is 2.88. The minimum Gasteiger partial charge on any atom is -0.302 e. The molecule has 0 atom stereocenters. The van der Waals surface area contributed by atoms with E-state index in [1.165, 1.54) is 0 Å². The van der Waals surface area contributed by atoms with E-state index in [1.807, 2.05) is 30.3 Å². The second kappa shape index (κ2) is 3.85. The third kappa shape index (κ3) is 1.57. The fourth-order valence-electron chi connectivity index (χ4n) is 2.70. The molecule has 0 spiro atoms. The lowest BCUT2D eigenvalue weighted by atomic mass is 9.64. The van der Waals surface area contributed by atoms with Crippen LogP contribution in [0.1, 0.15) is 24.8 Å². The van der Waals surface area contributed by atoms with Crippen LogP contribution in [0.3, 0.4) is 0 Å². The van der Waals surface area contributed by atoms with E-state index in [2.05, 4.69) is 6.07 Å². The topological polar surface area (TPSA) is 17.1 Å². The van der Waals surface area contributed by atoms with Crippen molar-refractivity contribution in [2.75, 3.05) is 0 Å². The van der Waals surface area contributed by atoms with Crippen molar-refractivity contribution in [1.82, 2.24) is 0 Å². The molecule has 17 heavy (non-hydrogen) atoms. The van der Waals surface area contributed by atoms with E-state index >= 15 is 0 Å². The number of carbonyl (C=O) groups is 1. The Morgan fingerprint density at radius 1 is 1.18 bits per heavy atom. The standard InChI is InChI=1S/C15H13ClO/c16-12-5-6-13-11(9-12)3-1-4-14(13)15(10-17)7-2-8-15/h1,3-6,9-10H,2,7-8H2. The van der Waals surface area contributed by atoms with Gasteiger partial charge in [-0.1, -0.05) is 42.3 Å². The summed E-state index contributed by atoms with van der Waals surface area (Å²) in [4.78, 5) is 11.4. The molecule has 0 unspecified atom stereocenters. The van der Waals surface area contributed by atoms with E-state index in [0.29, 0.717) is 0 Å². The quantitative estimate of drug-likeness (QED) is 0.727. The lowest BCUT2D eigenvalue weighted by Crippen LogP contribution is -2.35. The molecule has 1 nitrogen and oxygen atoms in total. The molecule has 2 heteroatoms. The second-order valence-electron chi connectivity index (χ2n) is 4.80. The molecular formula is C15H13ClO. The lowest BCUT2D eigenvalue weighted by molar-refractivity contribution is -0.115. The number of halogens is 1. The molecule has 0 aliphatic heterocycles. The molecule has 1 saturated carbocycles. The summed E-state index contributed by atoms with van der Waals surface area (Å²) in [7, 11) is 0. The first-order valence-corrected chi connectivity index (χ1v) is 6.28. The SMILES string of the molecule is O=CC1(c2cccc3cc(Cl)ccc23)CCC1. The summed E-state index contributed by atoms with van der Waals surface area (Å²) in [5, 5.41) is 3.01. The van der Waals surface area contributed by atoms with Gasteiger partial charge in [-0.15, -0.1) is 0 Å². The number of rotatable bonds is 2. The van der Waals surface area contributed by atoms with Crippen LogP contribution in [0.2, 0.25) is 5.02 Å². The van der Waals surface area contributed by atoms with Gasteiger partial charge in [0.25, 0.3) is 0 Å². The van der Waals surface area contributed by atoms with Gasteiger partial charge in [0.15, 0.2) is 0 Å². The minimum absolute atomic E-state index is 0.243. The number of aldehydes is 1. The van der Waals surface area contributed by atoms with Gasteiger partial charge in [0.2, 0.25) is 0 Å². The van der Waals surface area contributed by atoms with Gasteiger partial charge in [-0.25, -0.2) is 0 Å². The zero-order valence-electron chi connectivity index (χ0n) is 9.45. The summed E-state index contributed by atoms with van der Waals surface area (Å²) in [5.74, 6) is 0. The molecule has 2 aromatic rings. The van der Waals surface area contributed by atoms with Gasteiger partial charge in [-0.3, -0.25) is 0 Å². The van der Waals surface area contributed by atoms with Gasteiger partial charge in [0.05, 0.1) is 5.41 Å². The summed E-state index contributed by atoms with van der Waals surface area (Å²) < 4.78 is 0. The van der Waals surface area contributed by atoms with E-state index < -0.39 is 0 Å². The third-order valence-corrected chi connectivity index (χ3v) is 4.09. The summed E-state index contributed by atoms with van der Waals surface area (Å²) in [6.07, 6.45) is 4.21. The Morgan fingerprint density at radius 2 is 2.00 bits per heavy atom. The maximum absolute atomic E-state index is 11.4. The molecule has 2 aromatic carbocycles. The van der Waals surface area contributed by atoms with Crippen molar-refractivity contribution in [2.24, 2.45) is 0 Å². The van der Waals surface area contributed by atoms with Crippen molar-refractivity contribution in [2.45, 2.75) is 24.7 Å². The van der Waals surface area contributed by atoms with Gasteiger partial charge in [-0.2, -0.15) is 0 Å². The molecular weight excluding hydrogens is 232 g/mol. The van der Waals surface area contributed by atoms with Crippen molar-refractivity contribution in [3.05, 3.63) is 47.0 Å². The van der Waals surface area contributed by atoms with E-state index in [1.54, 1.807) is 0 Å². The highest BCUT2D eigenvalue weighted by Crippen LogP contribution is 2.44. The number of carbonyl (C=O) groups excluding carboxylic acids is 1. The average molecular weight is 245 g/mol. The van der Waals surface area contributed by atoms with Crippen molar-refractivity contribution in [3.63, 3.8) is 0 Å². The lowest BCUT2D eigenvalue weighted by Gasteiger charge is -2.38. The third-order valence-electron chi connectivity index (χ3n) is 3.85. The molecule has 1 aliphatic carbocycles. The van der Waals surface area contributed by atoms with Crippen molar-refractivity contribution >= 4 is 28.7 Å². The molecule has 0 bridgehead atoms. The van der Waals surface area contributed by atoms with Crippen molar-refractivity contribution in [3.8, 4) is 0 Å². The van der Waals surface area contributed by atoms with Crippen LogP contribution in [-0.2, 0) is 10.2 Å². The molecule has 0 N–H and O–H groups in total. The normalized spacial score (nSPS) is 17.7. The smallest absolute Gasteiger partial charge is 0.130 e. The first kappa shape index (κ1) is 10.8. The molecule has 0 aromatic heterocycles. The highest BCUT2D eigenvalue weighted by Gasteiger charge is 2.39. The van der Waals surface area contributed by atoms with Gasteiger partial charge in [0.1, 0.15) is 6.29 Å². The van der Waals surface area contributed by atoms with E-state index in [-0.39, 0.29) is 5.41 Å². The van der Waals surface area contributed by atoms with Crippen LogP contribution in [0, 0.1) is 0 Å². The second-order valence-corrected chi connectivity index (χ2v) is 5.24. The highest BCUT2D eigenvalue weighted by molar-refractivity contribution is 6.31. The van der Waals surface area contributed by atoms with Crippen LogP contribution in [-0.4, -0.2) is 6.29 Å². The largest absolute Gasteiger partial charge is 0.302 e. The molecule has 1 aliphatic rings. The zero-order valence-corrected chi connectivity index (χ0v) is 10.2. The Kier molecular flexibility index (Phi) is 2.44. The van der Waals surface area contributed by atoms with Crippen LogP contribution in [0.15, 0.2) is 36.4 Å². The number of fused-ring (bicyclic) bond motifs is 1. The Morgan fingerprint density at radius 3 is 2.65 bits per heavy atom. The molecule has 86 valence electrons. The number of hydrogen-bond donors (Lipinski definition) is 0. The van der Waals surface area contributed by atoms with Gasteiger partial charge >= 0.3 is 0 Å². The first-order valence-electron chi connectivity index (χ1n) is 5.90. The number of hydrogen-bond acceptors (Lipinski definition) is 1. The maximum Gasteiger partial charge on any atom is 0.130 e.